The third-order valence-corrected chi connectivity index (χ3v) is 2.54. The molecule has 0 aromatic heterocycles. The van der Waals surface area contributed by atoms with Crippen LogP contribution in [0.5, 0.6) is 0 Å². The van der Waals surface area contributed by atoms with Crippen LogP contribution in [0.15, 0.2) is 0 Å². The monoisotopic (exact) mass is 200 g/mol. The molecule has 3 heteroatoms. The van der Waals surface area contributed by atoms with Crippen LogP contribution in [0.1, 0.15) is 34.1 Å². The maximum absolute atomic E-state index is 9.73. The van der Waals surface area contributed by atoms with Gasteiger partial charge in [0.25, 0.3) is 0 Å². The molecule has 1 unspecified atom stereocenters. The SMILES string of the molecule is CC(C)(N)CN1CC(O)CC(C)(C)C1. The van der Waals surface area contributed by atoms with Crippen molar-refractivity contribution in [1.29, 1.82) is 0 Å². The van der Waals surface area contributed by atoms with E-state index in [-0.39, 0.29) is 17.1 Å². The van der Waals surface area contributed by atoms with Gasteiger partial charge in [0.05, 0.1) is 6.10 Å². The zero-order chi connectivity index (χ0) is 11.0. The van der Waals surface area contributed by atoms with E-state index >= 15 is 0 Å². The van der Waals surface area contributed by atoms with Crippen LogP contribution < -0.4 is 5.73 Å². The van der Waals surface area contributed by atoms with E-state index in [1.54, 1.807) is 0 Å². The van der Waals surface area contributed by atoms with Gasteiger partial charge >= 0.3 is 0 Å². The third kappa shape index (κ3) is 3.95. The molecule has 1 aliphatic heterocycles. The third-order valence-electron chi connectivity index (χ3n) is 2.54. The fourth-order valence-corrected chi connectivity index (χ4v) is 2.43. The Bertz CT molecular complexity index is 194. The van der Waals surface area contributed by atoms with Crippen molar-refractivity contribution in [2.75, 3.05) is 19.6 Å². The van der Waals surface area contributed by atoms with Gasteiger partial charge in [0, 0.05) is 25.2 Å². The molecule has 3 nitrogen and oxygen atoms in total. The van der Waals surface area contributed by atoms with Crippen molar-refractivity contribution < 1.29 is 5.11 Å². The summed E-state index contributed by atoms with van der Waals surface area (Å²) >= 11 is 0. The summed E-state index contributed by atoms with van der Waals surface area (Å²) in [5, 5.41) is 9.73. The number of likely N-dealkylation sites (tertiary alicyclic amines) is 1. The molecule has 3 N–H and O–H groups in total. The number of aliphatic hydroxyl groups excluding tert-OH is 1. The zero-order valence-corrected chi connectivity index (χ0v) is 9.88. The Labute approximate surface area is 87.3 Å². The van der Waals surface area contributed by atoms with Crippen molar-refractivity contribution in [3.63, 3.8) is 0 Å². The first-order valence-corrected chi connectivity index (χ1v) is 5.37. The molecule has 14 heavy (non-hydrogen) atoms. The molecule has 0 aromatic carbocycles. The number of hydrogen-bond acceptors (Lipinski definition) is 3. The molecular weight excluding hydrogens is 176 g/mol. The molecule has 84 valence electrons. The normalized spacial score (nSPS) is 29.1. The predicted octanol–water partition coefficient (Wildman–Crippen LogP) is 0.816. The standard InChI is InChI=1S/C11H24N2O/c1-10(2)5-9(14)6-13(7-10)8-11(3,4)12/h9,14H,5-8,12H2,1-4H3. The minimum atomic E-state index is -0.193. The molecule has 0 amide bonds. The van der Waals surface area contributed by atoms with Crippen LogP contribution in [0, 0.1) is 5.41 Å². The Morgan fingerprint density at radius 1 is 1.50 bits per heavy atom. The minimum Gasteiger partial charge on any atom is -0.392 e. The Morgan fingerprint density at radius 3 is 2.50 bits per heavy atom. The van der Waals surface area contributed by atoms with Crippen LogP contribution in [0.3, 0.4) is 0 Å². The molecule has 0 saturated carbocycles. The lowest BCUT2D eigenvalue weighted by Crippen LogP contribution is -2.53. The van der Waals surface area contributed by atoms with Crippen LogP contribution in [0.2, 0.25) is 0 Å². The van der Waals surface area contributed by atoms with E-state index in [2.05, 4.69) is 18.7 Å². The highest BCUT2D eigenvalue weighted by Gasteiger charge is 2.33. The molecule has 0 radical (unpaired) electrons. The van der Waals surface area contributed by atoms with Gasteiger partial charge in [-0.2, -0.15) is 0 Å². The summed E-state index contributed by atoms with van der Waals surface area (Å²) in [7, 11) is 0. The summed E-state index contributed by atoms with van der Waals surface area (Å²) < 4.78 is 0. The first-order valence-electron chi connectivity index (χ1n) is 5.37. The number of hydrogen-bond donors (Lipinski definition) is 2. The number of β-amino-alcohol motifs (C(OH)–C–C–N with tert-alkyl or cyclic N) is 1. The smallest absolute Gasteiger partial charge is 0.0672 e. The van der Waals surface area contributed by atoms with Crippen molar-refractivity contribution >= 4 is 0 Å². The van der Waals surface area contributed by atoms with Gasteiger partial charge in [0.2, 0.25) is 0 Å². The molecule has 1 rings (SSSR count). The van der Waals surface area contributed by atoms with Crippen LogP contribution in [-0.2, 0) is 0 Å². The second kappa shape index (κ2) is 3.80. The lowest BCUT2D eigenvalue weighted by molar-refractivity contribution is -0.000270. The molecule has 1 saturated heterocycles. The van der Waals surface area contributed by atoms with Gasteiger partial charge in [0.15, 0.2) is 0 Å². The molecular formula is C11H24N2O. The van der Waals surface area contributed by atoms with Gasteiger partial charge in [-0.1, -0.05) is 13.8 Å². The van der Waals surface area contributed by atoms with Gasteiger partial charge in [-0.15, -0.1) is 0 Å². The summed E-state index contributed by atoms with van der Waals surface area (Å²) in [5.41, 5.74) is 6.01. The lowest BCUT2D eigenvalue weighted by Gasteiger charge is -2.42. The highest BCUT2D eigenvalue weighted by Crippen LogP contribution is 2.29. The van der Waals surface area contributed by atoms with E-state index in [4.69, 9.17) is 5.73 Å². The van der Waals surface area contributed by atoms with Crippen molar-refractivity contribution in [3.05, 3.63) is 0 Å². The van der Waals surface area contributed by atoms with Gasteiger partial charge in [0.1, 0.15) is 0 Å². The first-order chi connectivity index (χ1) is 6.18. The van der Waals surface area contributed by atoms with Crippen LogP contribution in [-0.4, -0.2) is 41.3 Å². The second-order valence-electron chi connectivity index (χ2n) is 6.18. The summed E-state index contributed by atoms with van der Waals surface area (Å²) in [4.78, 5) is 2.27. The molecule has 0 aromatic rings. The van der Waals surface area contributed by atoms with Gasteiger partial charge in [-0.05, 0) is 25.7 Å². The van der Waals surface area contributed by atoms with Crippen molar-refractivity contribution in [3.8, 4) is 0 Å². The van der Waals surface area contributed by atoms with Crippen molar-refractivity contribution in [2.45, 2.75) is 45.8 Å². The highest BCUT2D eigenvalue weighted by molar-refractivity contribution is 4.88. The summed E-state index contributed by atoms with van der Waals surface area (Å²) in [6.07, 6.45) is 0.704. The Balaban J connectivity index is 2.54. The molecule has 1 heterocycles. The topological polar surface area (TPSA) is 49.5 Å². The van der Waals surface area contributed by atoms with Crippen molar-refractivity contribution in [2.24, 2.45) is 11.1 Å². The lowest BCUT2D eigenvalue weighted by atomic mass is 9.82. The highest BCUT2D eigenvalue weighted by atomic mass is 16.3. The Kier molecular flexibility index (Phi) is 3.24. The Hall–Kier alpha value is -0.120. The van der Waals surface area contributed by atoms with Crippen molar-refractivity contribution in [1.82, 2.24) is 4.90 Å². The van der Waals surface area contributed by atoms with E-state index in [0.717, 1.165) is 26.1 Å². The number of piperidine rings is 1. The van der Waals surface area contributed by atoms with Crippen LogP contribution in [0.4, 0.5) is 0 Å². The summed E-state index contributed by atoms with van der Waals surface area (Å²) in [6.45, 7) is 11.1. The summed E-state index contributed by atoms with van der Waals surface area (Å²) in [5.74, 6) is 0. The van der Waals surface area contributed by atoms with Crippen LogP contribution in [0.25, 0.3) is 0 Å². The summed E-state index contributed by atoms with van der Waals surface area (Å²) in [6, 6.07) is 0. The average molecular weight is 200 g/mol. The maximum atomic E-state index is 9.73. The molecule has 1 atom stereocenters. The predicted molar refractivity (Wildman–Crippen MR) is 59.1 cm³/mol. The molecule has 0 bridgehead atoms. The maximum Gasteiger partial charge on any atom is 0.0672 e. The number of rotatable bonds is 2. The Morgan fingerprint density at radius 2 is 2.07 bits per heavy atom. The first kappa shape index (κ1) is 12.0. The molecule has 1 aliphatic rings. The fraction of sp³-hybridized carbons (Fsp3) is 1.00. The molecule has 1 fully saturated rings. The zero-order valence-electron chi connectivity index (χ0n) is 9.88. The van der Waals surface area contributed by atoms with Gasteiger partial charge in [-0.25, -0.2) is 0 Å². The van der Waals surface area contributed by atoms with E-state index in [1.165, 1.54) is 0 Å². The number of aliphatic hydroxyl groups is 1. The van der Waals surface area contributed by atoms with E-state index in [1.807, 2.05) is 13.8 Å². The largest absolute Gasteiger partial charge is 0.392 e. The quantitative estimate of drug-likeness (QED) is 0.694. The average Bonchev–Trinajstić information content (AvgIpc) is 1.74. The van der Waals surface area contributed by atoms with Gasteiger partial charge < -0.3 is 10.8 Å². The van der Waals surface area contributed by atoms with E-state index < -0.39 is 0 Å². The second-order valence-corrected chi connectivity index (χ2v) is 6.18. The number of nitrogens with zero attached hydrogens (tertiary/aromatic N) is 1. The van der Waals surface area contributed by atoms with E-state index in [0.29, 0.717) is 0 Å². The minimum absolute atomic E-state index is 0.173. The molecule has 0 spiro atoms. The number of nitrogens with two attached hydrogens (primary N) is 1. The fourth-order valence-electron chi connectivity index (χ4n) is 2.43. The van der Waals surface area contributed by atoms with E-state index in [9.17, 15) is 5.11 Å². The van der Waals surface area contributed by atoms with Crippen LogP contribution >= 0.6 is 0 Å². The molecule has 0 aliphatic carbocycles. The van der Waals surface area contributed by atoms with Gasteiger partial charge in [-0.3, -0.25) is 4.90 Å².